The van der Waals surface area contributed by atoms with Gasteiger partial charge >= 0.3 is 0 Å². The Labute approximate surface area is 193 Å². The van der Waals surface area contributed by atoms with Crippen molar-refractivity contribution in [2.75, 3.05) is 36.8 Å². The molecule has 32 heavy (non-hydrogen) atoms. The van der Waals surface area contributed by atoms with Gasteiger partial charge in [0.2, 0.25) is 0 Å². The zero-order valence-corrected chi connectivity index (χ0v) is 19.3. The molecular formula is C22H23FN6OS2. The fraction of sp³-hybridized carbons (Fsp3) is 0.409. The number of carbonyl (C=O) groups excluding carboxylic acids is 1. The number of nitriles is 1. The van der Waals surface area contributed by atoms with Gasteiger partial charge in [-0.1, -0.05) is 0 Å². The number of amides is 1. The van der Waals surface area contributed by atoms with Gasteiger partial charge < -0.3 is 21.3 Å². The van der Waals surface area contributed by atoms with E-state index in [1.807, 2.05) is 6.92 Å². The Kier molecular flexibility index (Phi) is 5.49. The summed E-state index contributed by atoms with van der Waals surface area (Å²) in [4.78, 5) is 20.6. The van der Waals surface area contributed by atoms with E-state index in [9.17, 15) is 10.1 Å². The van der Waals surface area contributed by atoms with Crippen molar-refractivity contribution in [3.05, 3.63) is 38.5 Å². The number of thiophene rings is 1. The van der Waals surface area contributed by atoms with E-state index in [-0.39, 0.29) is 17.8 Å². The number of carbonyl (C=O) groups is 1. The molecule has 1 amide bonds. The highest BCUT2D eigenvalue weighted by Crippen LogP contribution is 2.38. The number of rotatable bonds is 3. The molecule has 1 atom stereocenters. The molecule has 1 aromatic carbocycles. The Morgan fingerprint density at radius 2 is 2.16 bits per heavy atom. The van der Waals surface area contributed by atoms with Gasteiger partial charge in [-0.2, -0.15) is 5.26 Å². The first kappa shape index (κ1) is 21.1. The average molecular weight is 471 g/mol. The summed E-state index contributed by atoms with van der Waals surface area (Å²) in [6.07, 6.45) is 1.56. The van der Waals surface area contributed by atoms with Crippen LogP contribution in [0.3, 0.4) is 0 Å². The van der Waals surface area contributed by atoms with E-state index in [0.717, 1.165) is 46.3 Å². The van der Waals surface area contributed by atoms with E-state index >= 15 is 4.39 Å². The number of piperazine rings is 1. The molecule has 2 aliphatic rings. The minimum absolute atomic E-state index is 0.213. The van der Waals surface area contributed by atoms with Gasteiger partial charge in [-0.3, -0.25) is 4.79 Å². The molecule has 3 aromatic rings. The van der Waals surface area contributed by atoms with E-state index in [1.165, 1.54) is 28.7 Å². The Balaban J connectivity index is 1.38. The Bertz CT molecular complexity index is 1250. The summed E-state index contributed by atoms with van der Waals surface area (Å²) in [5, 5.41) is 17.1. The van der Waals surface area contributed by atoms with Gasteiger partial charge in [-0.05, 0) is 43.4 Å². The lowest BCUT2D eigenvalue weighted by Gasteiger charge is -2.33. The molecule has 166 valence electrons. The quantitative estimate of drug-likeness (QED) is 0.543. The van der Waals surface area contributed by atoms with Crippen LogP contribution in [0, 0.1) is 24.1 Å². The van der Waals surface area contributed by atoms with Crippen molar-refractivity contribution in [3.63, 3.8) is 0 Å². The molecule has 5 rings (SSSR count). The predicted octanol–water partition coefficient (Wildman–Crippen LogP) is 2.96. The summed E-state index contributed by atoms with van der Waals surface area (Å²) in [5.74, 6) is -0.551. The average Bonchev–Trinajstić information content (AvgIpc) is 3.31. The van der Waals surface area contributed by atoms with Crippen molar-refractivity contribution in [3.8, 4) is 6.07 Å². The summed E-state index contributed by atoms with van der Waals surface area (Å²) < 4.78 is 16.0. The van der Waals surface area contributed by atoms with E-state index in [2.05, 4.69) is 26.6 Å². The minimum Gasteiger partial charge on any atom is -0.396 e. The second-order valence-corrected chi connectivity index (χ2v) is 10.4. The van der Waals surface area contributed by atoms with Crippen LogP contribution in [-0.2, 0) is 12.8 Å². The molecule has 7 nitrogen and oxygen atoms in total. The molecule has 1 fully saturated rings. The van der Waals surface area contributed by atoms with Gasteiger partial charge in [-0.25, -0.2) is 9.37 Å². The maximum atomic E-state index is 15.1. The first-order valence-electron chi connectivity index (χ1n) is 10.6. The molecule has 0 saturated carbocycles. The number of nitrogens with one attached hydrogen (secondary N) is 2. The summed E-state index contributed by atoms with van der Waals surface area (Å²) in [6, 6.07) is 3.60. The van der Waals surface area contributed by atoms with Gasteiger partial charge in [-0.15, -0.1) is 22.7 Å². The fourth-order valence-corrected chi connectivity index (χ4v) is 6.71. The summed E-state index contributed by atoms with van der Waals surface area (Å²) in [7, 11) is 0. The molecule has 10 heteroatoms. The topological polar surface area (TPSA) is 107 Å². The third-order valence-corrected chi connectivity index (χ3v) is 8.40. The number of hydrogen-bond acceptors (Lipinski definition) is 8. The third kappa shape index (κ3) is 3.60. The highest BCUT2D eigenvalue weighted by molar-refractivity contribution is 7.29. The first-order chi connectivity index (χ1) is 15.5. The van der Waals surface area contributed by atoms with Gasteiger partial charge in [0.25, 0.3) is 5.91 Å². The number of aryl methyl sites for hydroxylation is 1. The van der Waals surface area contributed by atoms with E-state index in [4.69, 9.17) is 5.73 Å². The molecule has 3 heterocycles. The standard InChI is InChI=1S/C22H23FN6OS2/c1-11-27-22-20(31-11)18(25)19(32-22)21(30)28-12-2-3-13-14(8-12)16(23)9-17(15(13)10-24)29-6-4-26-5-7-29/h9,12,26H,2-8,25H2,1H3,(H,28,30)/t12-/m1/s1. The molecule has 0 bridgehead atoms. The van der Waals surface area contributed by atoms with Crippen molar-refractivity contribution in [1.29, 1.82) is 5.26 Å². The Morgan fingerprint density at radius 3 is 2.88 bits per heavy atom. The van der Waals surface area contributed by atoms with Crippen LogP contribution in [-0.4, -0.2) is 43.1 Å². The Morgan fingerprint density at radius 1 is 1.38 bits per heavy atom. The Hall–Kier alpha value is -2.74. The smallest absolute Gasteiger partial charge is 0.263 e. The van der Waals surface area contributed by atoms with Crippen molar-refractivity contribution >= 4 is 49.5 Å². The summed E-state index contributed by atoms with van der Waals surface area (Å²) in [6.45, 7) is 5.04. The molecular weight excluding hydrogens is 447 g/mol. The molecule has 1 saturated heterocycles. The van der Waals surface area contributed by atoms with Crippen LogP contribution in [0.2, 0.25) is 0 Å². The molecule has 1 aliphatic heterocycles. The van der Waals surface area contributed by atoms with E-state index in [0.29, 0.717) is 46.6 Å². The largest absolute Gasteiger partial charge is 0.396 e. The van der Waals surface area contributed by atoms with Crippen LogP contribution in [0.4, 0.5) is 15.8 Å². The highest BCUT2D eigenvalue weighted by atomic mass is 32.1. The number of anilines is 2. The number of halogens is 1. The number of nitrogens with two attached hydrogens (primary N) is 1. The zero-order chi connectivity index (χ0) is 22.4. The van der Waals surface area contributed by atoms with Crippen LogP contribution in [0.15, 0.2) is 6.07 Å². The van der Waals surface area contributed by atoms with Gasteiger partial charge in [0.05, 0.1) is 26.6 Å². The van der Waals surface area contributed by atoms with Crippen molar-refractivity contribution < 1.29 is 9.18 Å². The lowest BCUT2D eigenvalue weighted by Crippen LogP contribution is -2.44. The molecule has 0 unspecified atom stereocenters. The number of nitrogen functional groups attached to an aromatic ring is 1. The molecule has 0 spiro atoms. The highest BCUT2D eigenvalue weighted by Gasteiger charge is 2.30. The monoisotopic (exact) mass is 470 g/mol. The second-order valence-electron chi connectivity index (χ2n) is 8.18. The number of benzene rings is 1. The van der Waals surface area contributed by atoms with Crippen LogP contribution in [0.5, 0.6) is 0 Å². The lowest BCUT2D eigenvalue weighted by molar-refractivity contribution is 0.0938. The van der Waals surface area contributed by atoms with E-state index in [1.54, 1.807) is 0 Å². The minimum atomic E-state index is -0.303. The maximum absolute atomic E-state index is 15.1. The van der Waals surface area contributed by atoms with Crippen molar-refractivity contribution in [2.24, 2.45) is 0 Å². The SMILES string of the molecule is Cc1nc2sc(C(=O)N[C@@H]3CCc4c(C#N)c(N5CCNCC5)cc(F)c4C3)c(N)c2s1. The number of aromatic nitrogens is 1. The summed E-state index contributed by atoms with van der Waals surface area (Å²) in [5.41, 5.74) is 9.23. The first-order valence-corrected chi connectivity index (χ1v) is 12.3. The number of hydrogen-bond donors (Lipinski definition) is 3. The molecule has 4 N–H and O–H groups in total. The number of fused-ring (bicyclic) bond motifs is 2. The van der Waals surface area contributed by atoms with Gasteiger partial charge in [0.15, 0.2) is 0 Å². The lowest BCUT2D eigenvalue weighted by atomic mass is 9.84. The van der Waals surface area contributed by atoms with E-state index < -0.39 is 0 Å². The van der Waals surface area contributed by atoms with Crippen LogP contribution >= 0.6 is 22.7 Å². The third-order valence-electron chi connectivity index (χ3n) is 6.17. The number of thiazole rings is 1. The van der Waals surface area contributed by atoms with Crippen LogP contribution in [0.1, 0.15) is 37.8 Å². The fourth-order valence-electron chi connectivity index (χ4n) is 4.62. The maximum Gasteiger partial charge on any atom is 0.263 e. The normalized spacial score (nSPS) is 18.4. The van der Waals surface area contributed by atoms with Gasteiger partial charge in [0, 0.05) is 32.2 Å². The molecule has 2 aromatic heterocycles. The van der Waals surface area contributed by atoms with Crippen LogP contribution in [0.25, 0.3) is 9.53 Å². The second kappa shape index (κ2) is 8.31. The van der Waals surface area contributed by atoms with Crippen molar-refractivity contribution in [1.82, 2.24) is 15.6 Å². The predicted molar refractivity (Wildman–Crippen MR) is 126 cm³/mol. The van der Waals surface area contributed by atoms with Crippen molar-refractivity contribution in [2.45, 2.75) is 32.2 Å². The zero-order valence-electron chi connectivity index (χ0n) is 17.6. The molecule has 0 radical (unpaired) electrons. The number of nitrogens with zero attached hydrogens (tertiary/aromatic N) is 3. The van der Waals surface area contributed by atoms with Crippen LogP contribution < -0.4 is 21.3 Å². The van der Waals surface area contributed by atoms with Gasteiger partial charge in [0.1, 0.15) is 21.6 Å². The molecule has 1 aliphatic carbocycles. The summed E-state index contributed by atoms with van der Waals surface area (Å²) >= 11 is 2.77.